The van der Waals surface area contributed by atoms with Crippen molar-refractivity contribution in [1.29, 1.82) is 0 Å². The molecule has 2 aliphatic heterocycles. The smallest absolute Gasteiger partial charge is 0.259 e. The van der Waals surface area contributed by atoms with Crippen LogP contribution in [0.2, 0.25) is 0 Å². The minimum Gasteiger partial charge on any atom is -0.490 e. The van der Waals surface area contributed by atoms with E-state index in [1.807, 2.05) is 35.2 Å². The van der Waals surface area contributed by atoms with Crippen molar-refractivity contribution in [3.63, 3.8) is 0 Å². The third-order valence-corrected chi connectivity index (χ3v) is 6.85. The van der Waals surface area contributed by atoms with Gasteiger partial charge in [-0.25, -0.2) is 8.78 Å². The summed E-state index contributed by atoms with van der Waals surface area (Å²) < 4.78 is 34.2. The molecule has 0 aromatic heterocycles. The quantitative estimate of drug-likeness (QED) is 0.661. The number of rotatable bonds is 5. The van der Waals surface area contributed by atoms with E-state index in [0.29, 0.717) is 30.6 Å². The maximum absolute atomic E-state index is 14.5. The van der Waals surface area contributed by atoms with Gasteiger partial charge in [0, 0.05) is 38.4 Å². The lowest BCUT2D eigenvalue weighted by molar-refractivity contribution is -0.121. The van der Waals surface area contributed by atoms with Crippen molar-refractivity contribution in [2.24, 2.45) is 5.92 Å². The van der Waals surface area contributed by atoms with Crippen molar-refractivity contribution in [2.45, 2.75) is 43.2 Å². The number of anilines is 1. The summed E-state index contributed by atoms with van der Waals surface area (Å²) in [6, 6.07) is 12.3. The monoisotopic (exact) mass is 444 g/mol. The van der Waals surface area contributed by atoms with Crippen LogP contribution in [-0.4, -0.2) is 58.5 Å². The zero-order chi connectivity index (χ0) is 22.5. The summed E-state index contributed by atoms with van der Waals surface area (Å²) in [4.78, 5) is 13.4. The number of aliphatic hydroxyl groups is 2. The van der Waals surface area contributed by atoms with E-state index in [0.717, 1.165) is 12.2 Å². The summed E-state index contributed by atoms with van der Waals surface area (Å²) in [5.41, 5.74) is -0.233. The van der Waals surface area contributed by atoms with E-state index in [1.54, 1.807) is 6.07 Å². The van der Waals surface area contributed by atoms with Crippen molar-refractivity contribution >= 4 is 11.6 Å². The van der Waals surface area contributed by atoms with Gasteiger partial charge in [-0.3, -0.25) is 9.69 Å². The number of benzene rings is 2. The predicted molar refractivity (Wildman–Crippen MR) is 114 cm³/mol. The molecule has 1 saturated heterocycles. The Balaban J connectivity index is 1.22. The van der Waals surface area contributed by atoms with Crippen LogP contribution in [0.4, 0.5) is 14.5 Å². The van der Waals surface area contributed by atoms with Crippen LogP contribution < -0.4 is 10.1 Å². The molecular weight excluding hydrogens is 418 g/mol. The summed E-state index contributed by atoms with van der Waals surface area (Å²) in [6.45, 7) is 1.24. The first kappa shape index (κ1) is 21.3. The summed E-state index contributed by atoms with van der Waals surface area (Å²) in [7, 11) is 0. The molecule has 2 fully saturated rings. The molecular formula is C24H26F2N2O4. The van der Waals surface area contributed by atoms with Crippen LogP contribution in [0.1, 0.15) is 30.1 Å². The zero-order valence-corrected chi connectivity index (χ0v) is 17.5. The van der Waals surface area contributed by atoms with E-state index >= 15 is 0 Å². The fourth-order valence-corrected chi connectivity index (χ4v) is 5.32. The van der Waals surface area contributed by atoms with E-state index in [-0.39, 0.29) is 30.7 Å². The van der Waals surface area contributed by atoms with Crippen molar-refractivity contribution < 1.29 is 28.5 Å². The normalized spacial score (nSPS) is 30.5. The number of para-hydroxylation sites is 1. The number of carbonyl (C=O) groups excluding carboxylic acids is 1. The van der Waals surface area contributed by atoms with Gasteiger partial charge < -0.3 is 20.3 Å². The third-order valence-electron chi connectivity index (χ3n) is 6.85. The minimum atomic E-state index is -1.73. The second-order valence-electron chi connectivity index (χ2n) is 9.20. The molecule has 0 spiro atoms. The number of hydrogen-bond donors (Lipinski definition) is 3. The number of halogens is 2. The van der Waals surface area contributed by atoms with Crippen LogP contribution in [0.15, 0.2) is 42.5 Å². The SMILES string of the molecule is O=C1Nc2c(F)cc([C@H](O)CN3C[C@H]4C[C@H](Oc5ccccc5)C[C@@]4(O)C3)cc2C[C@@H]1F. The molecule has 32 heavy (non-hydrogen) atoms. The van der Waals surface area contributed by atoms with Crippen molar-refractivity contribution in [1.82, 2.24) is 4.90 Å². The second-order valence-corrected chi connectivity index (χ2v) is 9.20. The lowest BCUT2D eigenvalue weighted by Gasteiger charge is -2.26. The number of ether oxygens (including phenoxy) is 1. The highest BCUT2D eigenvalue weighted by molar-refractivity contribution is 5.97. The van der Waals surface area contributed by atoms with E-state index in [9.17, 15) is 23.8 Å². The first-order valence-electron chi connectivity index (χ1n) is 10.9. The van der Waals surface area contributed by atoms with Gasteiger partial charge in [0.05, 0.1) is 17.4 Å². The Bertz CT molecular complexity index is 1020. The van der Waals surface area contributed by atoms with Crippen molar-refractivity contribution in [3.05, 3.63) is 59.4 Å². The van der Waals surface area contributed by atoms with Crippen LogP contribution in [-0.2, 0) is 11.2 Å². The number of β-amino-alcohol motifs (C(OH)–C–C–N with tert-alkyl or cyclic N) is 2. The first-order chi connectivity index (χ1) is 15.3. The van der Waals surface area contributed by atoms with Crippen molar-refractivity contribution in [2.75, 3.05) is 25.0 Å². The molecule has 5 rings (SSSR count). The minimum absolute atomic E-state index is 0.0191. The Kier molecular flexibility index (Phi) is 5.39. The number of fused-ring (bicyclic) bond motifs is 2. The lowest BCUT2D eigenvalue weighted by Crippen LogP contribution is -2.36. The highest BCUT2D eigenvalue weighted by Gasteiger charge is 2.52. The van der Waals surface area contributed by atoms with Crippen LogP contribution in [0.3, 0.4) is 0 Å². The molecule has 3 aliphatic rings. The third kappa shape index (κ3) is 3.98. The fourth-order valence-electron chi connectivity index (χ4n) is 5.32. The molecule has 170 valence electrons. The van der Waals surface area contributed by atoms with E-state index in [2.05, 4.69) is 5.32 Å². The number of hydrogen-bond acceptors (Lipinski definition) is 5. The number of likely N-dealkylation sites (tertiary alicyclic amines) is 1. The van der Waals surface area contributed by atoms with Gasteiger partial charge >= 0.3 is 0 Å². The molecule has 1 aliphatic carbocycles. The van der Waals surface area contributed by atoms with Gasteiger partial charge in [-0.15, -0.1) is 0 Å². The average Bonchev–Trinajstić information content (AvgIpc) is 3.20. The largest absolute Gasteiger partial charge is 0.490 e. The molecule has 3 N–H and O–H groups in total. The molecule has 5 atom stereocenters. The Hall–Kier alpha value is -2.55. The Morgan fingerprint density at radius 1 is 1.28 bits per heavy atom. The van der Waals surface area contributed by atoms with Gasteiger partial charge in [0.15, 0.2) is 6.17 Å². The molecule has 1 saturated carbocycles. The molecule has 8 heteroatoms. The van der Waals surface area contributed by atoms with Gasteiger partial charge in [-0.05, 0) is 35.7 Å². The van der Waals surface area contributed by atoms with Crippen molar-refractivity contribution in [3.8, 4) is 5.75 Å². The van der Waals surface area contributed by atoms with Gasteiger partial charge in [-0.2, -0.15) is 0 Å². The molecule has 1 amide bonds. The molecule has 0 bridgehead atoms. The standard InChI is InChI=1S/C24H26F2N2O4/c25-19-7-14(6-15-8-20(26)23(30)27-22(15)19)21(29)12-28-11-16-9-18(10-24(16,31)13-28)32-17-4-2-1-3-5-17/h1-7,16,18,20-21,29,31H,8-13H2,(H,27,30)/t16-,18+,20+,21-,24-/m1/s1. The van der Waals surface area contributed by atoms with Crippen LogP contribution in [0.5, 0.6) is 5.75 Å². The van der Waals surface area contributed by atoms with Gasteiger partial charge in [0.2, 0.25) is 0 Å². The van der Waals surface area contributed by atoms with Gasteiger partial charge in [-0.1, -0.05) is 24.3 Å². The summed E-state index contributed by atoms with van der Waals surface area (Å²) in [6.07, 6.45) is -1.75. The number of nitrogens with zero attached hydrogens (tertiary/aromatic N) is 1. The highest BCUT2D eigenvalue weighted by Crippen LogP contribution is 2.43. The number of alkyl halides is 1. The average molecular weight is 444 g/mol. The number of aliphatic hydroxyl groups excluding tert-OH is 1. The van der Waals surface area contributed by atoms with Crippen LogP contribution >= 0.6 is 0 Å². The molecule has 2 aromatic rings. The highest BCUT2D eigenvalue weighted by atomic mass is 19.1. The fraction of sp³-hybridized carbons (Fsp3) is 0.458. The summed E-state index contributed by atoms with van der Waals surface area (Å²) in [5.74, 6) is -0.716. The number of carbonyl (C=O) groups is 1. The predicted octanol–water partition coefficient (Wildman–Crippen LogP) is 2.60. The van der Waals surface area contributed by atoms with Crippen LogP contribution in [0.25, 0.3) is 0 Å². The Labute approximate surface area is 184 Å². The topological polar surface area (TPSA) is 82.0 Å². The maximum Gasteiger partial charge on any atom is 0.259 e. The maximum atomic E-state index is 14.5. The van der Waals surface area contributed by atoms with E-state index in [1.165, 1.54) is 6.07 Å². The summed E-state index contributed by atoms with van der Waals surface area (Å²) >= 11 is 0. The van der Waals surface area contributed by atoms with Gasteiger partial charge in [0.1, 0.15) is 17.7 Å². The Morgan fingerprint density at radius 3 is 2.81 bits per heavy atom. The molecule has 0 unspecified atom stereocenters. The molecule has 2 aromatic carbocycles. The molecule has 6 nitrogen and oxygen atoms in total. The molecule has 0 radical (unpaired) electrons. The number of amides is 1. The van der Waals surface area contributed by atoms with E-state index in [4.69, 9.17) is 4.74 Å². The van der Waals surface area contributed by atoms with Crippen LogP contribution in [0, 0.1) is 11.7 Å². The zero-order valence-electron chi connectivity index (χ0n) is 17.5. The second kappa shape index (κ2) is 8.10. The van der Waals surface area contributed by atoms with E-state index < -0.39 is 29.6 Å². The Morgan fingerprint density at radius 2 is 2.06 bits per heavy atom. The number of nitrogens with one attached hydrogen (secondary N) is 1. The molecule has 2 heterocycles. The first-order valence-corrected chi connectivity index (χ1v) is 10.9. The summed E-state index contributed by atoms with van der Waals surface area (Å²) in [5, 5.41) is 24.1. The van der Waals surface area contributed by atoms with Gasteiger partial charge in [0.25, 0.3) is 5.91 Å². The lowest BCUT2D eigenvalue weighted by atomic mass is 9.95.